The van der Waals surface area contributed by atoms with Crippen molar-refractivity contribution < 1.29 is 14.5 Å². The van der Waals surface area contributed by atoms with E-state index in [-0.39, 0.29) is 23.3 Å². The summed E-state index contributed by atoms with van der Waals surface area (Å²) >= 11 is 0. The second-order valence-electron chi connectivity index (χ2n) is 5.22. The number of rotatable bonds is 4. The molecule has 0 spiro atoms. The predicted molar refractivity (Wildman–Crippen MR) is 82.3 cm³/mol. The second kappa shape index (κ2) is 6.43. The molecule has 1 aliphatic heterocycles. The van der Waals surface area contributed by atoms with Crippen molar-refractivity contribution in [2.75, 3.05) is 13.1 Å². The van der Waals surface area contributed by atoms with Crippen LogP contribution in [0.15, 0.2) is 48.7 Å². The first-order valence-electron chi connectivity index (χ1n) is 7.25. The normalized spacial score (nSPS) is 17.0. The monoisotopic (exact) mass is 313 g/mol. The summed E-state index contributed by atoms with van der Waals surface area (Å²) in [4.78, 5) is 28.7. The van der Waals surface area contributed by atoms with E-state index in [9.17, 15) is 14.9 Å². The molecule has 1 atom stereocenters. The number of nitro groups is 1. The predicted octanol–water partition coefficient (Wildman–Crippen LogP) is 2.28. The number of carbonyl (C=O) groups is 1. The molecule has 1 amide bonds. The van der Waals surface area contributed by atoms with E-state index in [2.05, 4.69) is 4.98 Å². The molecule has 2 heterocycles. The molecule has 1 fully saturated rings. The van der Waals surface area contributed by atoms with E-state index in [0.29, 0.717) is 25.4 Å². The molecule has 2 aromatic rings. The van der Waals surface area contributed by atoms with Crippen LogP contribution in [0, 0.1) is 10.1 Å². The lowest BCUT2D eigenvalue weighted by molar-refractivity contribution is -0.385. The molecule has 7 heteroatoms. The van der Waals surface area contributed by atoms with Crippen molar-refractivity contribution in [3.63, 3.8) is 0 Å². The molecule has 0 radical (unpaired) electrons. The highest BCUT2D eigenvalue weighted by Crippen LogP contribution is 2.23. The average molecular weight is 313 g/mol. The number of hydrogen-bond acceptors (Lipinski definition) is 5. The van der Waals surface area contributed by atoms with Gasteiger partial charge in [-0.25, -0.2) is 4.98 Å². The van der Waals surface area contributed by atoms with Crippen LogP contribution in [-0.4, -0.2) is 39.9 Å². The van der Waals surface area contributed by atoms with Gasteiger partial charge in [-0.1, -0.05) is 18.2 Å². The number of para-hydroxylation sites is 1. The summed E-state index contributed by atoms with van der Waals surface area (Å²) < 4.78 is 5.73. The first kappa shape index (κ1) is 15.0. The number of nitro benzene ring substituents is 1. The number of ether oxygens (including phenoxy) is 1. The summed E-state index contributed by atoms with van der Waals surface area (Å²) in [6.45, 7) is 0.893. The van der Waals surface area contributed by atoms with Crippen LogP contribution in [0.25, 0.3) is 0 Å². The number of amides is 1. The first-order chi connectivity index (χ1) is 11.1. The fourth-order valence-corrected chi connectivity index (χ4v) is 2.58. The Hall–Kier alpha value is -2.96. The van der Waals surface area contributed by atoms with Crippen LogP contribution < -0.4 is 4.74 Å². The lowest BCUT2D eigenvalue weighted by Gasteiger charge is -2.17. The molecule has 118 valence electrons. The number of hydrogen-bond donors (Lipinski definition) is 0. The molecule has 1 aromatic carbocycles. The van der Waals surface area contributed by atoms with E-state index in [1.54, 1.807) is 35.4 Å². The maximum atomic E-state index is 12.5. The highest BCUT2D eigenvalue weighted by Gasteiger charge is 2.31. The number of carbonyl (C=O) groups excluding carboxylic acids is 1. The van der Waals surface area contributed by atoms with E-state index in [4.69, 9.17) is 4.74 Å². The molecule has 1 aromatic heterocycles. The Morgan fingerprint density at radius 2 is 2.04 bits per heavy atom. The SMILES string of the molecule is O=C(c1ccccc1[N+](=O)[O-])N1CCC(Oc2ccccn2)C1. The van der Waals surface area contributed by atoms with Gasteiger partial charge in [0.2, 0.25) is 5.88 Å². The number of pyridine rings is 1. The van der Waals surface area contributed by atoms with Gasteiger partial charge in [0.25, 0.3) is 11.6 Å². The Balaban J connectivity index is 1.69. The third kappa shape index (κ3) is 3.28. The van der Waals surface area contributed by atoms with Crippen molar-refractivity contribution in [2.45, 2.75) is 12.5 Å². The van der Waals surface area contributed by atoms with Gasteiger partial charge in [-0.15, -0.1) is 0 Å². The zero-order valence-corrected chi connectivity index (χ0v) is 12.3. The highest BCUT2D eigenvalue weighted by molar-refractivity contribution is 5.98. The molecular weight excluding hydrogens is 298 g/mol. The zero-order valence-electron chi connectivity index (χ0n) is 12.3. The third-order valence-corrected chi connectivity index (χ3v) is 3.69. The van der Waals surface area contributed by atoms with Crippen molar-refractivity contribution >= 4 is 11.6 Å². The van der Waals surface area contributed by atoms with Gasteiger partial charge in [0.15, 0.2) is 0 Å². The van der Waals surface area contributed by atoms with E-state index < -0.39 is 4.92 Å². The Morgan fingerprint density at radius 3 is 2.78 bits per heavy atom. The zero-order chi connectivity index (χ0) is 16.2. The summed E-state index contributed by atoms with van der Waals surface area (Å²) in [6.07, 6.45) is 2.15. The van der Waals surface area contributed by atoms with Gasteiger partial charge in [0.1, 0.15) is 11.7 Å². The molecule has 23 heavy (non-hydrogen) atoms. The standard InChI is InChI=1S/C16H15N3O4/c20-16(13-5-1-2-6-14(13)19(21)22)18-10-8-12(11-18)23-15-7-3-4-9-17-15/h1-7,9,12H,8,10-11H2. The minimum Gasteiger partial charge on any atom is -0.472 e. The number of nitrogens with zero attached hydrogens (tertiary/aromatic N) is 3. The second-order valence-corrected chi connectivity index (χ2v) is 5.22. The van der Waals surface area contributed by atoms with Crippen LogP contribution in [-0.2, 0) is 0 Å². The Bertz CT molecular complexity index is 720. The van der Waals surface area contributed by atoms with Crippen LogP contribution in [0.3, 0.4) is 0 Å². The van der Waals surface area contributed by atoms with Gasteiger partial charge in [-0.3, -0.25) is 14.9 Å². The topological polar surface area (TPSA) is 85.6 Å². The fourth-order valence-electron chi connectivity index (χ4n) is 2.58. The van der Waals surface area contributed by atoms with Gasteiger partial charge in [-0.2, -0.15) is 0 Å². The van der Waals surface area contributed by atoms with E-state index in [1.165, 1.54) is 12.1 Å². The van der Waals surface area contributed by atoms with Gasteiger partial charge in [-0.05, 0) is 12.1 Å². The van der Waals surface area contributed by atoms with Gasteiger partial charge in [0, 0.05) is 31.3 Å². The van der Waals surface area contributed by atoms with E-state index >= 15 is 0 Å². The average Bonchev–Trinajstić information content (AvgIpc) is 3.03. The minimum atomic E-state index is -0.537. The van der Waals surface area contributed by atoms with Crippen LogP contribution in [0.2, 0.25) is 0 Å². The van der Waals surface area contributed by atoms with E-state index in [0.717, 1.165) is 0 Å². The fraction of sp³-hybridized carbons (Fsp3) is 0.250. The van der Waals surface area contributed by atoms with Crippen LogP contribution in [0.4, 0.5) is 5.69 Å². The molecule has 7 nitrogen and oxygen atoms in total. The van der Waals surface area contributed by atoms with E-state index in [1.807, 2.05) is 6.07 Å². The molecule has 3 rings (SSSR count). The molecular formula is C16H15N3O4. The van der Waals surface area contributed by atoms with Crippen LogP contribution in [0.5, 0.6) is 5.88 Å². The lowest BCUT2D eigenvalue weighted by Crippen LogP contribution is -2.31. The van der Waals surface area contributed by atoms with Gasteiger partial charge < -0.3 is 9.64 Å². The molecule has 0 N–H and O–H groups in total. The number of likely N-dealkylation sites (tertiary alicyclic amines) is 1. The Kier molecular flexibility index (Phi) is 4.18. The highest BCUT2D eigenvalue weighted by atomic mass is 16.6. The quantitative estimate of drug-likeness (QED) is 0.638. The van der Waals surface area contributed by atoms with Crippen molar-refractivity contribution in [3.05, 3.63) is 64.3 Å². The Labute approximate surface area is 132 Å². The van der Waals surface area contributed by atoms with Crippen molar-refractivity contribution in [2.24, 2.45) is 0 Å². The molecule has 0 saturated carbocycles. The minimum absolute atomic E-state index is 0.107. The summed E-state index contributed by atoms with van der Waals surface area (Å²) in [5, 5.41) is 11.0. The molecule has 1 aliphatic rings. The molecule has 1 unspecified atom stereocenters. The van der Waals surface area contributed by atoms with Crippen LogP contribution in [0.1, 0.15) is 16.8 Å². The molecule has 0 bridgehead atoms. The van der Waals surface area contributed by atoms with Crippen molar-refractivity contribution in [1.82, 2.24) is 9.88 Å². The number of benzene rings is 1. The maximum Gasteiger partial charge on any atom is 0.282 e. The van der Waals surface area contributed by atoms with Crippen LogP contribution >= 0.6 is 0 Å². The third-order valence-electron chi connectivity index (χ3n) is 3.69. The van der Waals surface area contributed by atoms with Crippen molar-refractivity contribution in [3.8, 4) is 5.88 Å². The summed E-state index contributed by atoms with van der Waals surface area (Å²) in [7, 11) is 0. The van der Waals surface area contributed by atoms with Gasteiger partial charge in [0.05, 0.1) is 11.5 Å². The maximum absolute atomic E-state index is 12.5. The molecule has 1 saturated heterocycles. The lowest BCUT2D eigenvalue weighted by atomic mass is 10.1. The summed E-state index contributed by atoms with van der Waals surface area (Å²) in [6, 6.07) is 11.4. The largest absolute Gasteiger partial charge is 0.472 e. The smallest absolute Gasteiger partial charge is 0.282 e. The molecule has 0 aliphatic carbocycles. The van der Waals surface area contributed by atoms with Gasteiger partial charge >= 0.3 is 0 Å². The Morgan fingerprint density at radius 1 is 1.26 bits per heavy atom. The van der Waals surface area contributed by atoms with Crippen molar-refractivity contribution in [1.29, 1.82) is 0 Å². The summed E-state index contributed by atoms with van der Waals surface area (Å²) in [5.41, 5.74) is -0.0671. The first-order valence-corrected chi connectivity index (χ1v) is 7.25. The summed E-state index contributed by atoms with van der Waals surface area (Å²) in [5.74, 6) is 0.168. The number of aromatic nitrogens is 1.